The zero-order valence-electron chi connectivity index (χ0n) is 18.1. The molecule has 0 saturated heterocycles. The second kappa shape index (κ2) is 9.49. The van der Waals surface area contributed by atoms with E-state index in [4.69, 9.17) is 14.2 Å². The van der Waals surface area contributed by atoms with Crippen LogP contribution in [0.1, 0.15) is 51.5 Å². The van der Waals surface area contributed by atoms with Crippen molar-refractivity contribution in [3.8, 4) is 6.07 Å². The van der Waals surface area contributed by atoms with Crippen LogP contribution in [0.25, 0.3) is 0 Å². The predicted molar refractivity (Wildman–Crippen MR) is 114 cm³/mol. The summed E-state index contributed by atoms with van der Waals surface area (Å²) >= 11 is 0. The summed E-state index contributed by atoms with van der Waals surface area (Å²) < 4.78 is 17.1. The van der Waals surface area contributed by atoms with Crippen molar-refractivity contribution in [2.45, 2.75) is 58.7 Å². The van der Waals surface area contributed by atoms with Gasteiger partial charge in [-0.2, -0.15) is 5.26 Å². The summed E-state index contributed by atoms with van der Waals surface area (Å²) in [4.78, 5) is 11.6. The number of allylic oxidation sites excluding steroid dienone is 3. The van der Waals surface area contributed by atoms with Crippen LogP contribution in [0.2, 0.25) is 0 Å². The van der Waals surface area contributed by atoms with Gasteiger partial charge >= 0.3 is 5.97 Å². The van der Waals surface area contributed by atoms with E-state index in [1.807, 2.05) is 30.4 Å². The molecule has 2 unspecified atom stereocenters. The summed E-state index contributed by atoms with van der Waals surface area (Å²) in [5.41, 5.74) is 0.391. The molecule has 0 heterocycles. The Morgan fingerprint density at radius 3 is 2.77 bits per heavy atom. The standard InChI is InChI=1S/C25H31NO4/c1-19(27)30-22-11-14-24(2)23(29-18-20-8-5-4-6-9-20)10-7-13-25(24,16-22)21(17-26)12-15-28-3/h4-6,8-9,12,15-16,21,23H,7,10-11,13-14,18H2,1-3H3/b15-12+/t21?,23-,24+,25?/m0/s1. The van der Waals surface area contributed by atoms with E-state index in [0.717, 1.165) is 31.2 Å². The number of nitrogens with zero attached hydrogens (tertiary/aromatic N) is 1. The van der Waals surface area contributed by atoms with Crippen LogP contribution in [0, 0.1) is 28.1 Å². The maximum atomic E-state index is 11.6. The first-order chi connectivity index (χ1) is 14.4. The number of carbonyl (C=O) groups excluding carboxylic acids is 1. The van der Waals surface area contributed by atoms with E-state index in [1.165, 1.54) is 6.92 Å². The van der Waals surface area contributed by atoms with E-state index < -0.39 is 11.3 Å². The highest BCUT2D eigenvalue weighted by molar-refractivity contribution is 5.67. The fraction of sp³-hybridized carbons (Fsp3) is 0.520. The van der Waals surface area contributed by atoms with E-state index >= 15 is 0 Å². The van der Waals surface area contributed by atoms with Gasteiger partial charge in [0.1, 0.15) is 5.76 Å². The Morgan fingerprint density at radius 1 is 1.33 bits per heavy atom. The molecule has 0 aliphatic heterocycles. The van der Waals surface area contributed by atoms with Gasteiger partial charge in [-0.15, -0.1) is 0 Å². The van der Waals surface area contributed by atoms with Gasteiger partial charge in [-0.3, -0.25) is 4.79 Å². The van der Waals surface area contributed by atoms with E-state index in [-0.39, 0.29) is 17.5 Å². The zero-order chi connectivity index (χ0) is 21.6. The summed E-state index contributed by atoms with van der Waals surface area (Å²) in [6, 6.07) is 12.6. The van der Waals surface area contributed by atoms with Crippen molar-refractivity contribution in [3.63, 3.8) is 0 Å². The second-order valence-electron chi connectivity index (χ2n) is 8.51. The number of benzene rings is 1. The van der Waals surface area contributed by atoms with E-state index in [0.29, 0.717) is 18.8 Å². The number of methoxy groups -OCH3 is 1. The Bertz CT molecular complexity index is 840. The quantitative estimate of drug-likeness (QED) is 0.452. The molecule has 0 bridgehead atoms. The van der Waals surface area contributed by atoms with Gasteiger partial charge in [0, 0.05) is 24.2 Å². The average Bonchev–Trinajstić information content (AvgIpc) is 2.73. The van der Waals surface area contributed by atoms with Gasteiger partial charge in [0.25, 0.3) is 0 Å². The van der Waals surface area contributed by atoms with Crippen molar-refractivity contribution in [2.24, 2.45) is 16.7 Å². The van der Waals surface area contributed by atoms with Crippen LogP contribution in [0.15, 0.2) is 54.5 Å². The van der Waals surface area contributed by atoms with Crippen LogP contribution in [-0.2, 0) is 25.6 Å². The fourth-order valence-corrected chi connectivity index (χ4v) is 5.25. The van der Waals surface area contributed by atoms with Crippen LogP contribution in [0.5, 0.6) is 0 Å². The Balaban J connectivity index is 1.97. The molecule has 1 aromatic rings. The lowest BCUT2D eigenvalue weighted by atomic mass is 9.47. The Kier molecular flexibility index (Phi) is 6.99. The first kappa shape index (κ1) is 22.1. The van der Waals surface area contributed by atoms with Crippen molar-refractivity contribution >= 4 is 5.97 Å². The van der Waals surface area contributed by atoms with Crippen molar-refractivity contribution < 1.29 is 19.0 Å². The van der Waals surface area contributed by atoms with Crippen molar-refractivity contribution in [2.75, 3.05) is 7.11 Å². The van der Waals surface area contributed by atoms with Gasteiger partial charge < -0.3 is 14.2 Å². The van der Waals surface area contributed by atoms with Crippen LogP contribution in [-0.4, -0.2) is 19.2 Å². The first-order valence-electron chi connectivity index (χ1n) is 10.6. The molecule has 0 spiro atoms. The number of nitriles is 1. The van der Waals surface area contributed by atoms with Gasteiger partial charge in [-0.05, 0) is 43.4 Å². The molecule has 2 aliphatic carbocycles. The smallest absolute Gasteiger partial charge is 0.307 e. The number of rotatable bonds is 7. The molecule has 2 aliphatic rings. The molecule has 3 rings (SSSR count). The normalized spacial score (nSPS) is 29.4. The minimum atomic E-state index is -0.487. The highest BCUT2D eigenvalue weighted by Gasteiger charge is 2.59. The van der Waals surface area contributed by atoms with Crippen LogP contribution < -0.4 is 0 Å². The average molecular weight is 410 g/mol. The summed E-state index contributed by atoms with van der Waals surface area (Å²) in [5.74, 6) is -0.0696. The van der Waals surface area contributed by atoms with Gasteiger partial charge in [0.15, 0.2) is 0 Å². The molecule has 1 saturated carbocycles. The molecule has 0 aromatic heterocycles. The fourth-order valence-electron chi connectivity index (χ4n) is 5.25. The van der Waals surface area contributed by atoms with Gasteiger partial charge in [0.2, 0.25) is 0 Å². The third kappa shape index (κ3) is 4.29. The number of ether oxygens (including phenoxy) is 3. The minimum Gasteiger partial charge on any atom is -0.505 e. The highest BCUT2D eigenvalue weighted by atomic mass is 16.5. The third-order valence-electron chi connectivity index (χ3n) is 6.81. The summed E-state index contributed by atoms with van der Waals surface area (Å²) in [7, 11) is 1.58. The molecule has 0 radical (unpaired) electrons. The summed E-state index contributed by atoms with van der Waals surface area (Å²) in [6.07, 6.45) is 9.64. The van der Waals surface area contributed by atoms with Crippen LogP contribution >= 0.6 is 0 Å². The van der Waals surface area contributed by atoms with Crippen molar-refractivity contribution in [3.05, 3.63) is 60.1 Å². The molecule has 30 heavy (non-hydrogen) atoms. The maximum absolute atomic E-state index is 11.6. The maximum Gasteiger partial charge on any atom is 0.307 e. The number of fused-ring (bicyclic) bond motifs is 1. The molecule has 5 nitrogen and oxygen atoms in total. The molecule has 1 aromatic carbocycles. The summed E-state index contributed by atoms with van der Waals surface area (Å²) in [5, 5.41) is 10.1. The molecular weight excluding hydrogens is 378 g/mol. The molecule has 0 N–H and O–H groups in total. The number of carbonyl (C=O) groups is 1. The zero-order valence-corrected chi connectivity index (χ0v) is 18.1. The number of esters is 1. The lowest BCUT2D eigenvalue weighted by Gasteiger charge is -2.58. The predicted octanol–water partition coefficient (Wildman–Crippen LogP) is 5.29. The summed E-state index contributed by atoms with van der Waals surface area (Å²) in [6.45, 7) is 4.19. The van der Waals surface area contributed by atoms with Crippen LogP contribution in [0.3, 0.4) is 0 Å². The number of hydrogen-bond acceptors (Lipinski definition) is 5. The lowest BCUT2D eigenvalue weighted by molar-refractivity contribution is -0.147. The Labute approximate surface area is 179 Å². The van der Waals surface area contributed by atoms with Gasteiger partial charge in [0.05, 0.1) is 38.1 Å². The Hall–Kier alpha value is -2.58. The SMILES string of the molecule is CO/C=C/C(C#N)C12C=C(OC(C)=O)CC[C@]1(C)[C@@H](OCc1ccccc1)CCC2. The van der Waals surface area contributed by atoms with E-state index in [9.17, 15) is 10.1 Å². The van der Waals surface area contributed by atoms with Gasteiger partial charge in [-0.1, -0.05) is 37.3 Å². The van der Waals surface area contributed by atoms with Gasteiger partial charge in [-0.25, -0.2) is 0 Å². The molecule has 5 heteroatoms. The van der Waals surface area contributed by atoms with Crippen molar-refractivity contribution in [1.82, 2.24) is 0 Å². The van der Waals surface area contributed by atoms with Crippen LogP contribution in [0.4, 0.5) is 0 Å². The van der Waals surface area contributed by atoms with Crippen molar-refractivity contribution in [1.29, 1.82) is 5.26 Å². The molecule has 1 fully saturated rings. The minimum absolute atomic E-state index is 0.00776. The third-order valence-corrected chi connectivity index (χ3v) is 6.81. The number of hydrogen-bond donors (Lipinski definition) is 0. The highest BCUT2D eigenvalue weighted by Crippen LogP contribution is 2.62. The second-order valence-corrected chi connectivity index (χ2v) is 8.51. The monoisotopic (exact) mass is 409 g/mol. The topological polar surface area (TPSA) is 68.5 Å². The molecule has 0 amide bonds. The molecular formula is C25H31NO4. The largest absolute Gasteiger partial charge is 0.505 e. The molecule has 160 valence electrons. The Morgan fingerprint density at radius 2 is 2.10 bits per heavy atom. The van der Waals surface area contributed by atoms with E-state index in [2.05, 4.69) is 25.1 Å². The lowest BCUT2D eigenvalue weighted by Crippen LogP contribution is -2.55. The van der Waals surface area contributed by atoms with E-state index in [1.54, 1.807) is 13.4 Å². The first-order valence-corrected chi connectivity index (χ1v) is 10.6. The molecule has 4 atom stereocenters.